The summed E-state index contributed by atoms with van der Waals surface area (Å²) < 4.78 is 5.74. The number of hydrogen-bond donors (Lipinski definition) is 1. The number of fused-ring (bicyclic) bond motifs is 1. The summed E-state index contributed by atoms with van der Waals surface area (Å²) in [5.74, 6) is 0.771. The molecule has 0 amide bonds. The Bertz CT molecular complexity index is 674. The number of rotatable bonds is 1. The topological polar surface area (TPSA) is 29.5 Å². The molecule has 1 N–H and O–H groups in total. The van der Waals surface area contributed by atoms with Gasteiger partial charge in [0.2, 0.25) is 0 Å². The lowest BCUT2D eigenvalue weighted by Crippen LogP contribution is -2.00. The first-order chi connectivity index (χ1) is 10.1. The van der Waals surface area contributed by atoms with Gasteiger partial charge in [-0.15, -0.1) is 0 Å². The Morgan fingerprint density at radius 3 is 2.71 bits per heavy atom. The zero-order valence-electron chi connectivity index (χ0n) is 11.8. The summed E-state index contributed by atoms with van der Waals surface area (Å²) in [5.41, 5.74) is 3.95. The molecule has 0 bridgehead atoms. The molecule has 108 valence electrons. The van der Waals surface area contributed by atoms with Gasteiger partial charge in [-0.25, -0.2) is 0 Å². The molecule has 1 aliphatic heterocycles. The fourth-order valence-corrected chi connectivity index (χ4v) is 2.68. The highest BCUT2D eigenvalue weighted by atomic mass is 35.5. The molecular formula is C18H17ClO2. The Morgan fingerprint density at radius 2 is 1.95 bits per heavy atom. The van der Waals surface area contributed by atoms with E-state index in [1.165, 1.54) is 0 Å². The number of aliphatic hydroxyl groups is 1. The van der Waals surface area contributed by atoms with Gasteiger partial charge in [0.15, 0.2) is 0 Å². The van der Waals surface area contributed by atoms with Crippen molar-refractivity contribution >= 4 is 17.7 Å². The minimum absolute atomic E-state index is 0.576. The standard InChI is InChI=1S/C18H17ClO2/c1-12-2-7-17-16(10-12)18(20)14(8-9-21-17)11-13-3-5-15(19)6-4-13/h2-7,10-11,18,20H,8-9H2,1H3/b14-11+. The SMILES string of the molecule is Cc1ccc2c(c1)C(O)/C(=C/c1ccc(Cl)cc1)CCO2. The van der Waals surface area contributed by atoms with Crippen LogP contribution in [-0.4, -0.2) is 11.7 Å². The minimum atomic E-state index is -0.627. The van der Waals surface area contributed by atoms with E-state index in [1.54, 1.807) is 0 Å². The zero-order valence-corrected chi connectivity index (χ0v) is 12.6. The molecule has 1 aliphatic rings. The van der Waals surface area contributed by atoms with E-state index in [1.807, 2.05) is 55.5 Å². The molecule has 21 heavy (non-hydrogen) atoms. The van der Waals surface area contributed by atoms with E-state index in [-0.39, 0.29) is 0 Å². The Hall–Kier alpha value is -1.77. The van der Waals surface area contributed by atoms with Gasteiger partial charge in [0.05, 0.1) is 6.61 Å². The zero-order chi connectivity index (χ0) is 14.8. The summed E-state index contributed by atoms with van der Waals surface area (Å²) in [6.07, 6.45) is 2.09. The van der Waals surface area contributed by atoms with Crippen LogP contribution in [0.2, 0.25) is 5.02 Å². The third-order valence-electron chi connectivity index (χ3n) is 3.68. The number of aliphatic hydroxyl groups excluding tert-OH is 1. The normalized spacial score (nSPS) is 19.8. The van der Waals surface area contributed by atoms with Gasteiger partial charge in [0.1, 0.15) is 11.9 Å². The van der Waals surface area contributed by atoms with Crippen LogP contribution in [0.3, 0.4) is 0 Å². The average Bonchev–Trinajstić information content (AvgIpc) is 2.62. The van der Waals surface area contributed by atoms with E-state index < -0.39 is 6.10 Å². The highest BCUT2D eigenvalue weighted by Gasteiger charge is 2.21. The average molecular weight is 301 g/mol. The monoisotopic (exact) mass is 300 g/mol. The van der Waals surface area contributed by atoms with Gasteiger partial charge in [-0.05, 0) is 42.3 Å². The maximum atomic E-state index is 10.7. The summed E-state index contributed by atoms with van der Waals surface area (Å²) in [7, 11) is 0. The first-order valence-electron chi connectivity index (χ1n) is 7.01. The number of benzene rings is 2. The molecule has 0 radical (unpaired) electrons. The molecule has 2 aromatic carbocycles. The molecule has 0 aliphatic carbocycles. The maximum Gasteiger partial charge on any atom is 0.125 e. The largest absolute Gasteiger partial charge is 0.493 e. The molecule has 3 heteroatoms. The summed E-state index contributed by atoms with van der Waals surface area (Å²) in [5, 5.41) is 11.4. The van der Waals surface area contributed by atoms with Crippen LogP contribution >= 0.6 is 11.6 Å². The second-order valence-corrected chi connectivity index (χ2v) is 5.75. The second kappa shape index (κ2) is 5.92. The van der Waals surface area contributed by atoms with E-state index in [4.69, 9.17) is 16.3 Å². The fourth-order valence-electron chi connectivity index (χ4n) is 2.55. The molecule has 1 unspecified atom stereocenters. The first kappa shape index (κ1) is 14.2. The van der Waals surface area contributed by atoms with Crippen molar-refractivity contribution in [1.29, 1.82) is 0 Å². The predicted molar refractivity (Wildman–Crippen MR) is 85.7 cm³/mol. The number of halogens is 1. The lowest BCUT2D eigenvalue weighted by molar-refractivity contribution is 0.215. The molecule has 1 heterocycles. The molecular weight excluding hydrogens is 284 g/mol. The van der Waals surface area contributed by atoms with Gasteiger partial charge >= 0.3 is 0 Å². The van der Waals surface area contributed by atoms with Crippen molar-refractivity contribution in [1.82, 2.24) is 0 Å². The number of ether oxygens (including phenoxy) is 1. The third kappa shape index (κ3) is 3.12. The van der Waals surface area contributed by atoms with Gasteiger partial charge in [-0.3, -0.25) is 0 Å². The summed E-state index contributed by atoms with van der Waals surface area (Å²) in [6.45, 7) is 2.59. The van der Waals surface area contributed by atoms with Crippen molar-refractivity contribution in [2.75, 3.05) is 6.61 Å². The van der Waals surface area contributed by atoms with Crippen LogP contribution in [0, 0.1) is 6.92 Å². The lowest BCUT2D eigenvalue weighted by atomic mass is 9.96. The van der Waals surface area contributed by atoms with Crippen molar-refractivity contribution in [3.05, 3.63) is 69.8 Å². The highest BCUT2D eigenvalue weighted by molar-refractivity contribution is 6.30. The van der Waals surface area contributed by atoms with Crippen molar-refractivity contribution in [3.8, 4) is 5.75 Å². The van der Waals surface area contributed by atoms with Crippen molar-refractivity contribution < 1.29 is 9.84 Å². The quantitative estimate of drug-likeness (QED) is 0.837. The highest BCUT2D eigenvalue weighted by Crippen LogP contribution is 2.36. The molecule has 3 rings (SSSR count). The van der Waals surface area contributed by atoms with Crippen LogP contribution in [0.25, 0.3) is 6.08 Å². The Kier molecular flexibility index (Phi) is 4.00. The Morgan fingerprint density at radius 1 is 1.19 bits per heavy atom. The summed E-state index contributed by atoms with van der Waals surface area (Å²) in [4.78, 5) is 0. The van der Waals surface area contributed by atoms with Crippen LogP contribution < -0.4 is 4.74 Å². The van der Waals surface area contributed by atoms with Crippen molar-refractivity contribution in [3.63, 3.8) is 0 Å². The molecule has 2 aromatic rings. The van der Waals surface area contributed by atoms with Gasteiger partial charge in [0, 0.05) is 17.0 Å². The van der Waals surface area contributed by atoms with E-state index in [2.05, 4.69) is 0 Å². The molecule has 0 saturated heterocycles. The van der Waals surface area contributed by atoms with E-state index in [9.17, 15) is 5.11 Å². The van der Waals surface area contributed by atoms with Crippen LogP contribution in [0.4, 0.5) is 0 Å². The summed E-state index contributed by atoms with van der Waals surface area (Å²) >= 11 is 5.90. The molecule has 0 fully saturated rings. The number of aryl methyl sites for hydroxylation is 1. The maximum absolute atomic E-state index is 10.7. The lowest BCUT2D eigenvalue weighted by Gasteiger charge is -2.14. The Balaban J connectivity index is 1.98. The smallest absolute Gasteiger partial charge is 0.125 e. The van der Waals surface area contributed by atoms with E-state index >= 15 is 0 Å². The first-order valence-corrected chi connectivity index (χ1v) is 7.39. The molecule has 0 aromatic heterocycles. The van der Waals surface area contributed by atoms with Gasteiger partial charge in [0.25, 0.3) is 0 Å². The number of hydrogen-bond acceptors (Lipinski definition) is 2. The van der Waals surface area contributed by atoms with Crippen molar-refractivity contribution in [2.24, 2.45) is 0 Å². The van der Waals surface area contributed by atoms with Gasteiger partial charge in [-0.2, -0.15) is 0 Å². The van der Waals surface area contributed by atoms with Crippen LogP contribution in [0.5, 0.6) is 5.75 Å². The van der Waals surface area contributed by atoms with Crippen LogP contribution in [0.1, 0.15) is 29.2 Å². The van der Waals surface area contributed by atoms with Gasteiger partial charge in [-0.1, -0.05) is 41.4 Å². The van der Waals surface area contributed by atoms with Crippen LogP contribution in [-0.2, 0) is 0 Å². The molecule has 0 spiro atoms. The van der Waals surface area contributed by atoms with E-state index in [0.29, 0.717) is 18.1 Å². The fraction of sp³-hybridized carbons (Fsp3) is 0.222. The van der Waals surface area contributed by atoms with Gasteiger partial charge < -0.3 is 9.84 Å². The van der Waals surface area contributed by atoms with E-state index in [0.717, 1.165) is 28.0 Å². The molecule has 2 nitrogen and oxygen atoms in total. The second-order valence-electron chi connectivity index (χ2n) is 5.31. The van der Waals surface area contributed by atoms with Crippen molar-refractivity contribution in [2.45, 2.75) is 19.4 Å². The van der Waals surface area contributed by atoms with Crippen LogP contribution in [0.15, 0.2) is 48.0 Å². The molecule has 0 saturated carbocycles. The molecule has 1 atom stereocenters. The summed E-state index contributed by atoms with van der Waals surface area (Å²) in [6, 6.07) is 13.5. The Labute approximate surface area is 129 Å². The third-order valence-corrected chi connectivity index (χ3v) is 3.93. The predicted octanol–water partition coefficient (Wildman–Crippen LogP) is 4.55. The minimum Gasteiger partial charge on any atom is -0.493 e.